The second kappa shape index (κ2) is 4.83. The summed E-state index contributed by atoms with van der Waals surface area (Å²) in [5.41, 5.74) is 0. The lowest BCUT2D eigenvalue weighted by molar-refractivity contribution is 0.148. The lowest BCUT2D eigenvalue weighted by atomic mass is 9.85. The maximum absolute atomic E-state index is 9.13. The molecule has 1 rings (SSSR count). The molecule has 0 spiro atoms. The quantitative estimate of drug-likeness (QED) is 0.675. The van der Waals surface area contributed by atoms with Crippen molar-refractivity contribution < 1.29 is 5.11 Å². The normalized spacial score (nSPS) is 31.0. The maximum atomic E-state index is 9.13. The van der Waals surface area contributed by atoms with Crippen LogP contribution in [0.3, 0.4) is 0 Å². The van der Waals surface area contributed by atoms with Gasteiger partial charge >= 0.3 is 0 Å². The monoisotopic (exact) mass is 171 g/mol. The van der Waals surface area contributed by atoms with Crippen molar-refractivity contribution in [1.82, 2.24) is 5.32 Å². The lowest BCUT2D eigenvalue weighted by Crippen LogP contribution is -2.43. The van der Waals surface area contributed by atoms with Crippen LogP contribution in [0.5, 0.6) is 0 Å². The molecule has 2 atom stereocenters. The second-order valence-electron chi connectivity index (χ2n) is 4.15. The fourth-order valence-corrected chi connectivity index (χ4v) is 2.07. The van der Waals surface area contributed by atoms with Gasteiger partial charge in [0, 0.05) is 18.7 Å². The van der Waals surface area contributed by atoms with Gasteiger partial charge in [0.05, 0.1) is 0 Å². The summed E-state index contributed by atoms with van der Waals surface area (Å²) in [6, 6.07) is 1.10. The van der Waals surface area contributed by atoms with Crippen LogP contribution >= 0.6 is 0 Å². The van der Waals surface area contributed by atoms with E-state index in [0.29, 0.717) is 24.6 Å². The molecule has 0 amide bonds. The molecule has 0 saturated heterocycles. The summed E-state index contributed by atoms with van der Waals surface area (Å²) in [5.74, 6) is 0.501. The Hall–Kier alpha value is -0.0800. The van der Waals surface area contributed by atoms with Crippen molar-refractivity contribution in [3.05, 3.63) is 0 Å². The fraction of sp³-hybridized carbons (Fsp3) is 1.00. The second-order valence-corrected chi connectivity index (χ2v) is 4.15. The molecule has 0 bridgehead atoms. The van der Waals surface area contributed by atoms with Crippen LogP contribution in [0.1, 0.15) is 39.5 Å². The molecule has 72 valence electrons. The third-order valence-electron chi connectivity index (χ3n) is 2.69. The number of hydrogen-bond acceptors (Lipinski definition) is 2. The summed E-state index contributed by atoms with van der Waals surface area (Å²) < 4.78 is 0. The van der Waals surface area contributed by atoms with Gasteiger partial charge in [0.15, 0.2) is 0 Å². The average molecular weight is 171 g/mol. The van der Waals surface area contributed by atoms with E-state index in [-0.39, 0.29) is 0 Å². The largest absolute Gasteiger partial charge is 0.396 e. The van der Waals surface area contributed by atoms with E-state index in [2.05, 4.69) is 19.2 Å². The number of aliphatic hydroxyl groups excluding tert-OH is 1. The summed E-state index contributed by atoms with van der Waals surface area (Å²) in [7, 11) is 0. The van der Waals surface area contributed by atoms with Crippen LogP contribution in [0.2, 0.25) is 0 Å². The number of rotatable bonds is 3. The van der Waals surface area contributed by atoms with Gasteiger partial charge in [-0.2, -0.15) is 0 Å². The summed E-state index contributed by atoms with van der Waals surface area (Å²) in [6.07, 6.45) is 5.05. The van der Waals surface area contributed by atoms with Crippen LogP contribution in [-0.2, 0) is 0 Å². The van der Waals surface area contributed by atoms with Crippen LogP contribution in [0.15, 0.2) is 0 Å². The Morgan fingerprint density at radius 3 is 2.58 bits per heavy atom. The molecule has 1 saturated carbocycles. The van der Waals surface area contributed by atoms with Gasteiger partial charge in [-0.25, -0.2) is 0 Å². The van der Waals surface area contributed by atoms with Crippen molar-refractivity contribution in [3.63, 3.8) is 0 Å². The minimum absolute atomic E-state index is 0.352. The number of nitrogens with one attached hydrogen (secondary N) is 1. The highest BCUT2D eigenvalue weighted by Gasteiger charge is 2.24. The highest BCUT2D eigenvalue weighted by molar-refractivity contribution is 4.81. The molecule has 2 N–H and O–H groups in total. The van der Waals surface area contributed by atoms with Gasteiger partial charge in [-0.05, 0) is 18.8 Å². The topological polar surface area (TPSA) is 32.3 Å². The first-order chi connectivity index (χ1) is 5.74. The van der Waals surface area contributed by atoms with E-state index < -0.39 is 0 Å². The molecule has 0 aromatic rings. The van der Waals surface area contributed by atoms with Crippen LogP contribution in [0.25, 0.3) is 0 Å². The zero-order valence-electron chi connectivity index (χ0n) is 8.21. The molecule has 1 aliphatic carbocycles. The molecule has 2 heteroatoms. The Labute approximate surface area is 75.4 Å². The summed E-state index contributed by atoms with van der Waals surface area (Å²) >= 11 is 0. The Morgan fingerprint density at radius 1 is 1.33 bits per heavy atom. The van der Waals surface area contributed by atoms with Gasteiger partial charge in [-0.3, -0.25) is 0 Å². The maximum Gasteiger partial charge on any atom is 0.0474 e. The lowest BCUT2D eigenvalue weighted by Gasteiger charge is -2.32. The molecule has 2 nitrogen and oxygen atoms in total. The summed E-state index contributed by atoms with van der Waals surface area (Å²) in [5, 5.41) is 12.7. The first-order valence-electron chi connectivity index (χ1n) is 5.11. The Balaban J connectivity index is 2.36. The molecule has 0 aliphatic heterocycles. The Kier molecular flexibility index (Phi) is 4.02. The molecule has 0 unspecified atom stereocenters. The smallest absolute Gasteiger partial charge is 0.0474 e. The molecule has 1 fully saturated rings. The summed E-state index contributed by atoms with van der Waals surface area (Å²) in [6.45, 7) is 4.69. The van der Waals surface area contributed by atoms with Crippen molar-refractivity contribution in [2.75, 3.05) is 6.61 Å². The molecule has 0 aromatic carbocycles. The predicted molar refractivity (Wildman–Crippen MR) is 51.1 cm³/mol. The van der Waals surface area contributed by atoms with E-state index in [9.17, 15) is 0 Å². The highest BCUT2D eigenvalue weighted by Crippen LogP contribution is 2.24. The van der Waals surface area contributed by atoms with Crippen LogP contribution in [0.4, 0.5) is 0 Å². The Bertz CT molecular complexity index is 125. The number of hydrogen-bond donors (Lipinski definition) is 2. The van der Waals surface area contributed by atoms with Crippen molar-refractivity contribution in [1.29, 1.82) is 0 Å². The zero-order valence-corrected chi connectivity index (χ0v) is 8.21. The predicted octanol–water partition coefficient (Wildman–Crippen LogP) is 1.54. The van der Waals surface area contributed by atoms with Crippen molar-refractivity contribution in [2.45, 2.75) is 51.6 Å². The molecule has 0 heterocycles. The summed E-state index contributed by atoms with van der Waals surface area (Å²) in [4.78, 5) is 0. The minimum atomic E-state index is 0.352. The molecular weight excluding hydrogens is 150 g/mol. The van der Waals surface area contributed by atoms with Gasteiger partial charge < -0.3 is 10.4 Å². The standard InChI is InChI=1S/C10H21NO/c1-8(2)11-10-6-4-3-5-9(10)7-12/h8-12H,3-7H2,1-2H3/t9-,10-/m0/s1. The van der Waals surface area contributed by atoms with Gasteiger partial charge in [0.1, 0.15) is 0 Å². The third kappa shape index (κ3) is 2.76. The molecule has 0 radical (unpaired) electrons. The minimum Gasteiger partial charge on any atom is -0.396 e. The van der Waals surface area contributed by atoms with E-state index in [1.54, 1.807) is 0 Å². The van der Waals surface area contributed by atoms with Gasteiger partial charge in [0.25, 0.3) is 0 Å². The van der Waals surface area contributed by atoms with E-state index in [1.165, 1.54) is 25.7 Å². The molecule has 12 heavy (non-hydrogen) atoms. The van der Waals surface area contributed by atoms with Crippen LogP contribution in [-0.4, -0.2) is 23.8 Å². The van der Waals surface area contributed by atoms with Crippen LogP contribution in [0, 0.1) is 5.92 Å². The highest BCUT2D eigenvalue weighted by atomic mass is 16.3. The van der Waals surface area contributed by atoms with E-state index in [4.69, 9.17) is 5.11 Å². The third-order valence-corrected chi connectivity index (χ3v) is 2.69. The molecular formula is C10H21NO. The number of aliphatic hydroxyl groups is 1. The van der Waals surface area contributed by atoms with Gasteiger partial charge in [-0.1, -0.05) is 26.7 Å². The molecule has 1 aliphatic rings. The zero-order chi connectivity index (χ0) is 8.97. The average Bonchev–Trinajstić information content (AvgIpc) is 2.04. The fourth-order valence-electron chi connectivity index (χ4n) is 2.07. The van der Waals surface area contributed by atoms with E-state index >= 15 is 0 Å². The van der Waals surface area contributed by atoms with Gasteiger partial charge in [0.2, 0.25) is 0 Å². The first kappa shape index (κ1) is 10.0. The van der Waals surface area contributed by atoms with Crippen molar-refractivity contribution in [2.24, 2.45) is 5.92 Å². The van der Waals surface area contributed by atoms with Crippen molar-refractivity contribution in [3.8, 4) is 0 Å². The van der Waals surface area contributed by atoms with E-state index in [0.717, 1.165) is 0 Å². The van der Waals surface area contributed by atoms with Gasteiger partial charge in [-0.15, -0.1) is 0 Å². The first-order valence-corrected chi connectivity index (χ1v) is 5.11. The van der Waals surface area contributed by atoms with E-state index in [1.807, 2.05) is 0 Å². The van der Waals surface area contributed by atoms with Crippen LogP contribution < -0.4 is 5.32 Å². The van der Waals surface area contributed by atoms with Crippen molar-refractivity contribution >= 4 is 0 Å². The molecule has 0 aromatic heterocycles. The SMILES string of the molecule is CC(C)N[C@H]1CCCC[C@H]1CO. The Morgan fingerprint density at radius 2 is 2.00 bits per heavy atom.